The summed E-state index contributed by atoms with van der Waals surface area (Å²) in [6, 6.07) is 12.7. The average molecular weight is 396 g/mol. The number of aryl methyl sites for hydroxylation is 2. The van der Waals surface area contributed by atoms with Gasteiger partial charge in [0.15, 0.2) is 0 Å². The molecule has 6 heteroatoms. The monoisotopic (exact) mass is 396 g/mol. The Labute approximate surface area is 171 Å². The summed E-state index contributed by atoms with van der Waals surface area (Å²) >= 11 is 0. The van der Waals surface area contributed by atoms with Gasteiger partial charge in [0.2, 0.25) is 0 Å². The van der Waals surface area contributed by atoms with Crippen LogP contribution in [-0.2, 0) is 10.3 Å². The van der Waals surface area contributed by atoms with Crippen LogP contribution in [0.15, 0.2) is 42.5 Å². The number of nitrogens with zero attached hydrogens (tertiary/aromatic N) is 1. The average Bonchev–Trinajstić information content (AvgIpc) is 2.96. The number of hydrogen-bond donors (Lipinski definition) is 2. The Bertz CT molecular complexity index is 913. The predicted octanol–water partition coefficient (Wildman–Crippen LogP) is 3.21. The SMILES string of the molecule is CC[C@]1(c2ccccc2)NC(=O)N(C[C@@H](O)COc2c(C)ccc(C)c2C)C1=O. The van der Waals surface area contributed by atoms with Crippen molar-refractivity contribution in [1.82, 2.24) is 10.2 Å². The molecule has 2 N–H and O–H groups in total. The summed E-state index contributed by atoms with van der Waals surface area (Å²) in [5.74, 6) is 0.381. The molecule has 3 rings (SSSR count). The fourth-order valence-corrected chi connectivity index (χ4v) is 3.74. The van der Waals surface area contributed by atoms with E-state index in [2.05, 4.69) is 5.32 Å². The molecular formula is C23H28N2O4. The zero-order chi connectivity index (χ0) is 21.2. The minimum atomic E-state index is -1.09. The Kier molecular flexibility index (Phi) is 5.94. The molecule has 0 radical (unpaired) electrons. The van der Waals surface area contributed by atoms with Crippen molar-refractivity contribution in [2.45, 2.75) is 45.8 Å². The van der Waals surface area contributed by atoms with E-state index in [1.54, 1.807) is 0 Å². The highest BCUT2D eigenvalue weighted by Gasteiger charge is 2.51. The molecule has 0 aliphatic carbocycles. The van der Waals surface area contributed by atoms with Crippen molar-refractivity contribution < 1.29 is 19.4 Å². The number of benzene rings is 2. The number of carbonyl (C=O) groups is 2. The van der Waals surface area contributed by atoms with Gasteiger partial charge in [-0.25, -0.2) is 4.79 Å². The van der Waals surface area contributed by atoms with Crippen LogP contribution in [0.3, 0.4) is 0 Å². The van der Waals surface area contributed by atoms with E-state index >= 15 is 0 Å². The van der Waals surface area contributed by atoms with E-state index < -0.39 is 17.7 Å². The molecule has 29 heavy (non-hydrogen) atoms. The summed E-state index contributed by atoms with van der Waals surface area (Å²) < 4.78 is 5.83. The maximum Gasteiger partial charge on any atom is 0.325 e. The second kappa shape index (κ2) is 8.25. The Morgan fingerprint density at radius 2 is 1.72 bits per heavy atom. The number of nitrogens with one attached hydrogen (secondary N) is 1. The van der Waals surface area contributed by atoms with Gasteiger partial charge < -0.3 is 15.2 Å². The molecule has 1 heterocycles. The molecule has 0 spiro atoms. The van der Waals surface area contributed by atoms with E-state index in [9.17, 15) is 14.7 Å². The van der Waals surface area contributed by atoms with Gasteiger partial charge in [-0.15, -0.1) is 0 Å². The summed E-state index contributed by atoms with van der Waals surface area (Å²) in [7, 11) is 0. The lowest BCUT2D eigenvalue weighted by Crippen LogP contribution is -2.44. The van der Waals surface area contributed by atoms with Crippen LogP contribution < -0.4 is 10.1 Å². The number of imide groups is 1. The minimum absolute atomic E-state index is 0.00729. The third-order valence-corrected chi connectivity index (χ3v) is 5.66. The molecule has 2 aromatic rings. The van der Waals surface area contributed by atoms with Crippen molar-refractivity contribution in [1.29, 1.82) is 0 Å². The van der Waals surface area contributed by atoms with Gasteiger partial charge in [-0.05, 0) is 49.4 Å². The zero-order valence-electron chi connectivity index (χ0n) is 17.4. The number of aliphatic hydroxyl groups is 1. The third-order valence-electron chi connectivity index (χ3n) is 5.66. The molecular weight excluding hydrogens is 368 g/mol. The molecule has 0 bridgehead atoms. The second-order valence-electron chi connectivity index (χ2n) is 7.59. The lowest BCUT2D eigenvalue weighted by Gasteiger charge is -2.26. The highest BCUT2D eigenvalue weighted by atomic mass is 16.5. The second-order valence-corrected chi connectivity index (χ2v) is 7.59. The highest BCUT2D eigenvalue weighted by molar-refractivity contribution is 6.07. The fraction of sp³-hybridized carbons (Fsp3) is 0.391. The van der Waals surface area contributed by atoms with Crippen molar-refractivity contribution in [2.75, 3.05) is 13.2 Å². The van der Waals surface area contributed by atoms with E-state index in [-0.39, 0.29) is 19.1 Å². The summed E-state index contributed by atoms with van der Waals surface area (Å²) in [5.41, 5.74) is 2.73. The number of urea groups is 1. The van der Waals surface area contributed by atoms with Crippen LogP contribution in [0.5, 0.6) is 5.75 Å². The molecule has 1 aliphatic heterocycles. The highest BCUT2D eigenvalue weighted by Crippen LogP contribution is 2.32. The van der Waals surface area contributed by atoms with Gasteiger partial charge in [0, 0.05) is 0 Å². The van der Waals surface area contributed by atoms with Crippen LogP contribution in [0.4, 0.5) is 4.79 Å². The quantitative estimate of drug-likeness (QED) is 0.705. The standard InChI is InChI=1S/C23H28N2O4/c1-5-23(18-9-7-6-8-10-18)21(27)25(22(28)24-23)13-19(26)14-29-20-16(3)12-11-15(2)17(20)4/h6-12,19,26H,5,13-14H2,1-4H3,(H,24,28)/t19-,23-/m1/s1. The fourth-order valence-electron chi connectivity index (χ4n) is 3.74. The molecule has 1 fully saturated rings. The van der Waals surface area contributed by atoms with E-state index in [1.807, 2.05) is 70.2 Å². The van der Waals surface area contributed by atoms with Crippen molar-refractivity contribution in [2.24, 2.45) is 0 Å². The maximum absolute atomic E-state index is 13.1. The van der Waals surface area contributed by atoms with Crippen molar-refractivity contribution in [3.63, 3.8) is 0 Å². The Hall–Kier alpha value is -2.86. The van der Waals surface area contributed by atoms with Crippen LogP contribution >= 0.6 is 0 Å². The van der Waals surface area contributed by atoms with E-state index in [4.69, 9.17) is 4.74 Å². The van der Waals surface area contributed by atoms with Crippen LogP contribution in [0, 0.1) is 20.8 Å². The summed E-state index contributed by atoms with van der Waals surface area (Å²) in [4.78, 5) is 26.7. The van der Waals surface area contributed by atoms with Crippen molar-refractivity contribution in [3.05, 3.63) is 64.7 Å². The Morgan fingerprint density at radius 3 is 2.38 bits per heavy atom. The van der Waals surface area contributed by atoms with E-state index in [0.29, 0.717) is 6.42 Å². The molecule has 0 saturated carbocycles. The van der Waals surface area contributed by atoms with Crippen LogP contribution in [0.25, 0.3) is 0 Å². The van der Waals surface area contributed by atoms with Gasteiger partial charge in [0.1, 0.15) is 24.0 Å². The topological polar surface area (TPSA) is 78.9 Å². The van der Waals surface area contributed by atoms with Gasteiger partial charge in [-0.3, -0.25) is 9.69 Å². The summed E-state index contributed by atoms with van der Waals surface area (Å²) in [6.45, 7) is 7.64. The lowest BCUT2D eigenvalue weighted by molar-refractivity contribution is -0.132. The zero-order valence-corrected chi connectivity index (χ0v) is 17.4. The van der Waals surface area contributed by atoms with E-state index in [1.165, 1.54) is 0 Å². The number of amides is 3. The van der Waals surface area contributed by atoms with Crippen LogP contribution in [0.2, 0.25) is 0 Å². The van der Waals surface area contributed by atoms with Gasteiger partial charge in [-0.1, -0.05) is 49.4 Å². The lowest BCUT2D eigenvalue weighted by atomic mass is 9.87. The first-order valence-electron chi connectivity index (χ1n) is 9.87. The molecule has 1 saturated heterocycles. The van der Waals surface area contributed by atoms with Crippen LogP contribution in [0.1, 0.15) is 35.6 Å². The Morgan fingerprint density at radius 1 is 1.07 bits per heavy atom. The van der Waals surface area contributed by atoms with Gasteiger partial charge >= 0.3 is 6.03 Å². The molecule has 2 atom stereocenters. The Balaban J connectivity index is 1.71. The minimum Gasteiger partial charge on any atom is -0.490 e. The smallest absolute Gasteiger partial charge is 0.325 e. The van der Waals surface area contributed by atoms with Crippen molar-refractivity contribution >= 4 is 11.9 Å². The number of carbonyl (C=O) groups excluding carboxylic acids is 2. The molecule has 1 aliphatic rings. The predicted molar refractivity (Wildman–Crippen MR) is 111 cm³/mol. The molecule has 0 unspecified atom stereocenters. The number of β-amino-alcohol motifs (C(OH)–C–C–N with tert-alkyl or cyclic N) is 1. The van der Waals surface area contributed by atoms with Gasteiger partial charge in [-0.2, -0.15) is 0 Å². The molecule has 2 aromatic carbocycles. The largest absolute Gasteiger partial charge is 0.490 e. The molecule has 0 aromatic heterocycles. The first kappa shape index (κ1) is 20.9. The number of aliphatic hydroxyl groups excluding tert-OH is 1. The summed E-state index contributed by atoms with van der Waals surface area (Å²) in [5, 5.41) is 13.3. The molecule has 6 nitrogen and oxygen atoms in total. The number of hydrogen-bond acceptors (Lipinski definition) is 4. The van der Waals surface area contributed by atoms with E-state index in [0.717, 1.165) is 32.9 Å². The van der Waals surface area contributed by atoms with Gasteiger partial charge in [0.25, 0.3) is 5.91 Å². The first-order valence-corrected chi connectivity index (χ1v) is 9.87. The molecule has 3 amide bonds. The maximum atomic E-state index is 13.1. The van der Waals surface area contributed by atoms with Gasteiger partial charge in [0.05, 0.1) is 6.54 Å². The summed E-state index contributed by atoms with van der Waals surface area (Å²) in [6.07, 6.45) is -0.570. The van der Waals surface area contributed by atoms with Crippen LogP contribution in [-0.4, -0.2) is 41.2 Å². The molecule has 154 valence electrons. The first-order chi connectivity index (χ1) is 13.8. The third kappa shape index (κ3) is 3.85. The number of ether oxygens (including phenoxy) is 1. The van der Waals surface area contributed by atoms with Crippen molar-refractivity contribution in [3.8, 4) is 5.75 Å². The normalized spacial score (nSPS) is 20.0. The number of rotatable bonds is 7.